The lowest BCUT2D eigenvalue weighted by molar-refractivity contribution is -0.116. The van der Waals surface area contributed by atoms with Crippen molar-refractivity contribution in [1.82, 2.24) is 4.31 Å². The lowest BCUT2D eigenvalue weighted by Crippen LogP contribution is -2.35. The molecule has 1 N–H and O–H groups in total. The number of carbonyl (C=O) groups excluding carboxylic acids is 1. The lowest BCUT2D eigenvalue weighted by atomic mass is 10.0. The molecule has 0 radical (unpaired) electrons. The van der Waals surface area contributed by atoms with Crippen LogP contribution in [-0.2, 0) is 14.8 Å². The molecule has 0 unspecified atom stereocenters. The minimum absolute atomic E-state index is 0.00677. The van der Waals surface area contributed by atoms with Gasteiger partial charge in [0, 0.05) is 7.05 Å². The van der Waals surface area contributed by atoms with Gasteiger partial charge in [-0.05, 0) is 35.7 Å². The van der Waals surface area contributed by atoms with Gasteiger partial charge in [0.15, 0.2) is 0 Å². The van der Waals surface area contributed by atoms with Gasteiger partial charge in [-0.15, -0.1) is 0 Å². The molecule has 0 aliphatic carbocycles. The molecule has 2 rings (SSSR count). The Balaban J connectivity index is 2.24. The summed E-state index contributed by atoms with van der Waals surface area (Å²) >= 11 is 0. The maximum atomic E-state index is 13.6. The van der Waals surface area contributed by atoms with E-state index in [9.17, 15) is 17.6 Å². The van der Waals surface area contributed by atoms with Crippen LogP contribution in [0.4, 0.5) is 10.1 Å². The number of methoxy groups -OCH3 is 1. The standard InChI is InChI=1S/C19H23FN2O4S/c1-13(2)14-9-10-17(26-4)18(11-14)27(24,25)22(3)12-19(23)21-16-8-6-5-7-15(16)20/h5-11,13H,12H2,1-4H3,(H,21,23). The third-order valence-electron chi connectivity index (χ3n) is 4.06. The molecule has 146 valence electrons. The molecule has 0 heterocycles. The number of halogens is 1. The molecule has 0 aliphatic heterocycles. The molecule has 0 bridgehead atoms. The van der Waals surface area contributed by atoms with Crippen LogP contribution in [0.3, 0.4) is 0 Å². The highest BCUT2D eigenvalue weighted by Crippen LogP contribution is 2.29. The number of anilines is 1. The Hall–Kier alpha value is -2.45. The summed E-state index contributed by atoms with van der Waals surface area (Å²) in [4.78, 5) is 12.2. The average Bonchev–Trinajstić information content (AvgIpc) is 2.62. The van der Waals surface area contributed by atoms with Crippen LogP contribution in [0.5, 0.6) is 5.75 Å². The van der Waals surface area contributed by atoms with Crippen molar-refractivity contribution in [2.24, 2.45) is 0 Å². The van der Waals surface area contributed by atoms with Gasteiger partial charge in [0.05, 0.1) is 19.3 Å². The molecule has 8 heteroatoms. The summed E-state index contributed by atoms with van der Waals surface area (Å²) in [7, 11) is -1.31. The van der Waals surface area contributed by atoms with E-state index in [1.807, 2.05) is 13.8 Å². The zero-order chi connectivity index (χ0) is 20.2. The van der Waals surface area contributed by atoms with Crippen molar-refractivity contribution in [3.05, 3.63) is 53.8 Å². The van der Waals surface area contributed by atoms with E-state index in [-0.39, 0.29) is 22.3 Å². The summed E-state index contributed by atoms with van der Waals surface area (Å²) in [6.07, 6.45) is 0. The predicted molar refractivity (Wildman–Crippen MR) is 102 cm³/mol. The smallest absolute Gasteiger partial charge is 0.246 e. The fraction of sp³-hybridized carbons (Fsp3) is 0.316. The highest BCUT2D eigenvalue weighted by molar-refractivity contribution is 7.89. The first kappa shape index (κ1) is 20.9. The van der Waals surface area contributed by atoms with Crippen molar-refractivity contribution in [2.75, 3.05) is 26.0 Å². The highest BCUT2D eigenvalue weighted by Gasteiger charge is 2.27. The molecule has 0 aromatic heterocycles. The molecule has 6 nitrogen and oxygen atoms in total. The lowest BCUT2D eigenvalue weighted by Gasteiger charge is -2.20. The number of nitrogens with one attached hydrogen (secondary N) is 1. The van der Waals surface area contributed by atoms with E-state index in [1.54, 1.807) is 24.3 Å². The Bertz CT molecular complexity index is 929. The molecule has 0 fully saturated rings. The Morgan fingerprint density at radius 1 is 1.22 bits per heavy atom. The number of amides is 1. The molecule has 0 atom stereocenters. The first-order valence-electron chi connectivity index (χ1n) is 8.35. The van der Waals surface area contributed by atoms with Gasteiger partial charge in [-0.1, -0.05) is 32.0 Å². The van der Waals surface area contributed by atoms with Crippen LogP contribution in [0.2, 0.25) is 0 Å². The third kappa shape index (κ3) is 4.84. The van der Waals surface area contributed by atoms with E-state index >= 15 is 0 Å². The Kier molecular flexibility index (Phi) is 6.56. The molecule has 2 aromatic carbocycles. The molecular weight excluding hydrogens is 371 g/mol. The number of sulfonamides is 1. The SMILES string of the molecule is COc1ccc(C(C)C)cc1S(=O)(=O)N(C)CC(=O)Nc1ccccc1F. The van der Waals surface area contributed by atoms with Gasteiger partial charge >= 0.3 is 0 Å². The van der Waals surface area contributed by atoms with Crippen molar-refractivity contribution in [1.29, 1.82) is 0 Å². The van der Waals surface area contributed by atoms with E-state index < -0.39 is 28.3 Å². The normalized spacial score (nSPS) is 11.7. The number of nitrogens with zero attached hydrogens (tertiary/aromatic N) is 1. The minimum Gasteiger partial charge on any atom is -0.495 e. The van der Waals surface area contributed by atoms with Crippen molar-refractivity contribution >= 4 is 21.6 Å². The van der Waals surface area contributed by atoms with Crippen molar-refractivity contribution in [3.8, 4) is 5.75 Å². The van der Waals surface area contributed by atoms with E-state index in [1.165, 1.54) is 32.4 Å². The summed E-state index contributed by atoms with van der Waals surface area (Å²) in [6, 6.07) is 10.6. The maximum Gasteiger partial charge on any atom is 0.246 e. The van der Waals surface area contributed by atoms with Crippen LogP contribution in [-0.4, -0.2) is 39.3 Å². The second kappa shape index (κ2) is 8.49. The first-order valence-corrected chi connectivity index (χ1v) is 9.79. The number of ether oxygens (including phenoxy) is 1. The quantitative estimate of drug-likeness (QED) is 0.782. The molecule has 0 saturated heterocycles. The third-order valence-corrected chi connectivity index (χ3v) is 5.88. The van der Waals surface area contributed by atoms with Crippen LogP contribution in [0.25, 0.3) is 0 Å². The number of rotatable bonds is 7. The zero-order valence-corrected chi connectivity index (χ0v) is 16.5. The van der Waals surface area contributed by atoms with Crippen molar-refractivity contribution in [3.63, 3.8) is 0 Å². The Morgan fingerprint density at radius 3 is 2.48 bits per heavy atom. The Morgan fingerprint density at radius 2 is 1.89 bits per heavy atom. The fourth-order valence-corrected chi connectivity index (χ4v) is 3.78. The predicted octanol–water partition coefficient (Wildman–Crippen LogP) is 3.22. The number of hydrogen-bond donors (Lipinski definition) is 1. The molecular formula is C19H23FN2O4S. The summed E-state index contributed by atoms with van der Waals surface area (Å²) in [5.74, 6) is -0.923. The number of likely N-dealkylation sites (N-methyl/N-ethyl adjacent to an activating group) is 1. The molecule has 0 aliphatic rings. The summed E-state index contributed by atoms with van der Waals surface area (Å²) in [5, 5.41) is 2.37. The summed E-state index contributed by atoms with van der Waals surface area (Å²) in [6.45, 7) is 3.43. The molecule has 0 saturated carbocycles. The van der Waals surface area contributed by atoms with E-state index in [0.717, 1.165) is 9.87 Å². The number of hydrogen-bond acceptors (Lipinski definition) is 4. The molecule has 27 heavy (non-hydrogen) atoms. The Labute approximate surface area is 159 Å². The summed E-state index contributed by atoms with van der Waals surface area (Å²) in [5.41, 5.74) is 0.825. The van der Waals surface area contributed by atoms with Gasteiger partial charge in [0.2, 0.25) is 15.9 Å². The second-order valence-electron chi connectivity index (χ2n) is 6.35. The van der Waals surface area contributed by atoms with Gasteiger partial charge in [0.1, 0.15) is 16.5 Å². The monoisotopic (exact) mass is 394 g/mol. The van der Waals surface area contributed by atoms with Crippen LogP contribution < -0.4 is 10.1 Å². The maximum absolute atomic E-state index is 13.6. The molecule has 1 amide bonds. The number of carbonyl (C=O) groups is 1. The summed E-state index contributed by atoms with van der Waals surface area (Å²) < 4.78 is 45.6. The van der Waals surface area contributed by atoms with Gasteiger partial charge in [-0.2, -0.15) is 4.31 Å². The van der Waals surface area contributed by atoms with Crippen LogP contribution in [0.1, 0.15) is 25.3 Å². The highest BCUT2D eigenvalue weighted by atomic mass is 32.2. The van der Waals surface area contributed by atoms with Gasteiger partial charge in [-0.3, -0.25) is 4.79 Å². The minimum atomic E-state index is -3.98. The van der Waals surface area contributed by atoms with Crippen LogP contribution in [0.15, 0.2) is 47.4 Å². The van der Waals surface area contributed by atoms with E-state index in [4.69, 9.17) is 4.74 Å². The van der Waals surface area contributed by atoms with Crippen LogP contribution in [0, 0.1) is 5.82 Å². The average molecular weight is 394 g/mol. The molecule has 2 aromatic rings. The largest absolute Gasteiger partial charge is 0.495 e. The number of benzene rings is 2. The molecule has 0 spiro atoms. The van der Waals surface area contributed by atoms with E-state index in [0.29, 0.717) is 0 Å². The topological polar surface area (TPSA) is 75.7 Å². The first-order chi connectivity index (χ1) is 12.7. The van der Waals surface area contributed by atoms with Crippen molar-refractivity contribution < 1.29 is 22.3 Å². The van der Waals surface area contributed by atoms with Gasteiger partial charge in [-0.25, -0.2) is 12.8 Å². The van der Waals surface area contributed by atoms with E-state index in [2.05, 4.69) is 5.32 Å². The zero-order valence-electron chi connectivity index (χ0n) is 15.7. The second-order valence-corrected chi connectivity index (χ2v) is 8.37. The van der Waals surface area contributed by atoms with Crippen LogP contribution >= 0.6 is 0 Å². The van der Waals surface area contributed by atoms with Gasteiger partial charge < -0.3 is 10.1 Å². The fourth-order valence-electron chi connectivity index (χ4n) is 2.46. The van der Waals surface area contributed by atoms with Crippen molar-refractivity contribution in [2.45, 2.75) is 24.7 Å². The number of para-hydroxylation sites is 1. The van der Waals surface area contributed by atoms with Gasteiger partial charge in [0.25, 0.3) is 0 Å².